The van der Waals surface area contributed by atoms with Crippen LogP contribution in [0, 0.1) is 0 Å². The summed E-state index contributed by atoms with van der Waals surface area (Å²) in [7, 11) is 0. The summed E-state index contributed by atoms with van der Waals surface area (Å²) in [6.45, 7) is 4.91. The Bertz CT molecular complexity index is 382. The molecule has 1 aromatic rings. The van der Waals surface area contributed by atoms with Gasteiger partial charge in [0.2, 0.25) is 0 Å². The highest BCUT2D eigenvalue weighted by Gasteiger charge is 2.07. The van der Waals surface area contributed by atoms with Crippen molar-refractivity contribution in [3.8, 4) is 5.75 Å². The molecule has 1 atom stereocenters. The number of nitrogens with two attached hydrogens (primary N) is 1. The lowest BCUT2D eigenvalue weighted by Crippen LogP contribution is -2.38. The highest BCUT2D eigenvalue weighted by atomic mass is 16.5. The van der Waals surface area contributed by atoms with Gasteiger partial charge < -0.3 is 20.5 Å². The Morgan fingerprint density at radius 3 is 2.94 bits per heavy atom. The normalized spacial score (nSPS) is 11.9. The minimum atomic E-state index is -0.176. The highest BCUT2D eigenvalue weighted by Crippen LogP contribution is 2.13. The molecule has 0 spiro atoms. The number of carbonyl (C=O) groups excluding carboxylic acids is 1. The Labute approximate surface area is 107 Å². The van der Waals surface area contributed by atoms with Gasteiger partial charge in [-0.1, -0.05) is 6.07 Å². The molecule has 18 heavy (non-hydrogen) atoms. The van der Waals surface area contributed by atoms with Crippen molar-refractivity contribution in [2.45, 2.75) is 19.9 Å². The number of benzene rings is 1. The summed E-state index contributed by atoms with van der Waals surface area (Å²) in [5.74, 6) is 0.409. The maximum absolute atomic E-state index is 11.6. The minimum absolute atomic E-state index is 0.0260. The molecule has 0 radical (unpaired) electrons. The fraction of sp³-hybridized carbons (Fsp3) is 0.462. The molecule has 1 rings (SSSR count). The molecule has 0 saturated heterocycles. The van der Waals surface area contributed by atoms with Gasteiger partial charge in [0.05, 0.1) is 6.61 Å². The smallest absolute Gasteiger partial charge is 0.258 e. The zero-order valence-corrected chi connectivity index (χ0v) is 10.8. The standard InChI is InChI=1S/C13H20N2O3/c1-3-17-8-10(2)15-13(16)9-18-12-6-4-5-11(14)7-12/h4-7,10H,3,8-9,14H2,1-2H3,(H,15,16). The van der Waals surface area contributed by atoms with E-state index >= 15 is 0 Å². The van der Waals surface area contributed by atoms with E-state index in [0.29, 0.717) is 24.7 Å². The van der Waals surface area contributed by atoms with Crippen molar-refractivity contribution in [3.63, 3.8) is 0 Å². The first kappa shape index (κ1) is 14.3. The number of carbonyl (C=O) groups is 1. The second-order valence-corrected chi connectivity index (χ2v) is 3.99. The first-order valence-corrected chi connectivity index (χ1v) is 5.97. The van der Waals surface area contributed by atoms with Crippen molar-refractivity contribution in [2.75, 3.05) is 25.6 Å². The molecule has 0 aliphatic carbocycles. The van der Waals surface area contributed by atoms with Gasteiger partial charge in [0.1, 0.15) is 5.75 Å². The Balaban J connectivity index is 2.28. The molecule has 0 aliphatic rings. The summed E-state index contributed by atoms with van der Waals surface area (Å²) < 4.78 is 10.5. The molecule has 0 bridgehead atoms. The van der Waals surface area contributed by atoms with E-state index in [1.165, 1.54) is 0 Å². The van der Waals surface area contributed by atoms with Crippen molar-refractivity contribution < 1.29 is 14.3 Å². The van der Waals surface area contributed by atoms with Crippen LogP contribution in [0.4, 0.5) is 5.69 Å². The number of ether oxygens (including phenoxy) is 2. The number of anilines is 1. The first-order valence-electron chi connectivity index (χ1n) is 5.97. The molecule has 0 aromatic heterocycles. The Kier molecular flexibility index (Phi) is 6.00. The van der Waals surface area contributed by atoms with E-state index in [2.05, 4.69) is 5.32 Å². The van der Waals surface area contributed by atoms with Crippen LogP contribution in [0.5, 0.6) is 5.75 Å². The first-order chi connectivity index (χ1) is 8.61. The number of nitrogens with one attached hydrogen (secondary N) is 1. The second-order valence-electron chi connectivity index (χ2n) is 3.99. The van der Waals surface area contributed by atoms with E-state index in [-0.39, 0.29) is 18.6 Å². The van der Waals surface area contributed by atoms with Crippen LogP contribution in [-0.4, -0.2) is 31.8 Å². The molecule has 0 heterocycles. The van der Waals surface area contributed by atoms with Gasteiger partial charge in [-0.05, 0) is 26.0 Å². The van der Waals surface area contributed by atoms with Crippen LogP contribution in [0.15, 0.2) is 24.3 Å². The summed E-state index contributed by atoms with van der Waals surface area (Å²) in [5, 5.41) is 2.78. The SMILES string of the molecule is CCOCC(C)NC(=O)COc1cccc(N)c1. The van der Waals surface area contributed by atoms with E-state index in [4.69, 9.17) is 15.2 Å². The third-order valence-corrected chi connectivity index (χ3v) is 2.21. The predicted molar refractivity (Wildman–Crippen MR) is 70.4 cm³/mol. The molecule has 0 saturated carbocycles. The molecule has 1 aromatic carbocycles. The van der Waals surface area contributed by atoms with Crippen molar-refractivity contribution in [3.05, 3.63) is 24.3 Å². The molecule has 1 unspecified atom stereocenters. The van der Waals surface area contributed by atoms with Crippen molar-refractivity contribution >= 4 is 11.6 Å². The lowest BCUT2D eigenvalue weighted by molar-refractivity contribution is -0.124. The summed E-state index contributed by atoms with van der Waals surface area (Å²) in [5.41, 5.74) is 6.21. The molecule has 100 valence electrons. The Morgan fingerprint density at radius 2 is 2.28 bits per heavy atom. The molecule has 5 nitrogen and oxygen atoms in total. The van der Waals surface area contributed by atoms with Gasteiger partial charge in [-0.3, -0.25) is 4.79 Å². The van der Waals surface area contributed by atoms with Crippen LogP contribution in [0.1, 0.15) is 13.8 Å². The summed E-state index contributed by atoms with van der Waals surface area (Å²) in [4.78, 5) is 11.6. The number of rotatable bonds is 7. The molecule has 0 aliphatic heterocycles. The van der Waals surface area contributed by atoms with Gasteiger partial charge in [-0.2, -0.15) is 0 Å². The maximum atomic E-state index is 11.6. The van der Waals surface area contributed by atoms with Crippen LogP contribution in [-0.2, 0) is 9.53 Å². The summed E-state index contributed by atoms with van der Waals surface area (Å²) >= 11 is 0. The van der Waals surface area contributed by atoms with E-state index < -0.39 is 0 Å². The number of hydrogen-bond donors (Lipinski definition) is 2. The average molecular weight is 252 g/mol. The molecule has 1 amide bonds. The highest BCUT2D eigenvalue weighted by molar-refractivity contribution is 5.77. The van der Waals surface area contributed by atoms with Crippen molar-refractivity contribution in [1.82, 2.24) is 5.32 Å². The molecular weight excluding hydrogens is 232 g/mol. The monoisotopic (exact) mass is 252 g/mol. The minimum Gasteiger partial charge on any atom is -0.484 e. The topological polar surface area (TPSA) is 73.6 Å². The quantitative estimate of drug-likeness (QED) is 0.715. The lowest BCUT2D eigenvalue weighted by Gasteiger charge is -2.14. The summed E-state index contributed by atoms with van der Waals surface area (Å²) in [6, 6.07) is 6.95. The molecular formula is C13H20N2O3. The van der Waals surface area contributed by atoms with Gasteiger partial charge in [-0.15, -0.1) is 0 Å². The Morgan fingerprint density at radius 1 is 1.50 bits per heavy atom. The largest absolute Gasteiger partial charge is 0.484 e. The second kappa shape index (κ2) is 7.55. The summed E-state index contributed by atoms with van der Waals surface area (Å²) in [6.07, 6.45) is 0. The number of hydrogen-bond acceptors (Lipinski definition) is 4. The average Bonchev–Trinajstić information content (AvgIpc) is 2.34. The van der Waals surface area contributed by atoms with Gasteiger partial charge in [0, 0.05) is 24.4 Å². The van der Waals surface area contributed by atoms with Crippen LogP contribution >= 0.6 is 0 Å². The number of nitrogen functional groups attached to an aromatic ring is 1. The Hall–Kier alpha value is -1.75. The fourth-order valence-electron chi connectivity index (χ4n) is 1.41. The lowest BCUT2D eigenvalue weighted by atomic mass is 10.3. The van der Waals surface area contributed by atoms with Gasteiger partial charge in [0.15, 0.2) is 6.61 Å². The van der Waals surface area contributed by atoms with Crippen LogP contribution in [0.2, 0.25) is 0 Å². The maximum Gasteiger partial charge on any atom is 0.258 e. The van der Waals surface area contributed by atoms with Gasteiger partial charge in [-0.25, -0.2) is 0 Å². The zero-order valence-electron chi connectivity index (χ0n) is 10.8. The van der Waals surface area contributed by atoms with Crippen LogP contribution in [0.25, 0.3) is 0 Å². The van der Waals surface area contributed by atoms with E-state index in [0.717, 1.165) is 0 Å². The third kappa shape index (κ3) is 5.54. The molecule has 5 heteroatoms. The van der Waals surface area contributed by atoms with Crippen LogP contribution < -0.4 is 15.8 Å². The zero-order chi connectivity index (χ0) is 13.4. The van der Waals surface area contributed by atoms with E-state index in [1.54, 1.807) is 24.3 Å². The van der Waals surface area contributed by atoms with E-state index in [9.17, 15) is 4.79 Å². The third-order valence-electron chi connectivity index (χ3n) is 2.21. The number of amides is 1. The van der Waals surface area contributed by atoms with Crippen LogP contribution in [0.3, 0.4) is 0 Å². The van der Waals surface area contributed by atoms with E-state index in [1.807, 2.05) is 13.8 Å². The van der Waals surface area contributed by atoms with Gasteiger partial charge in [0.25, 0.3) is 5.91 Å². The fourth-order valence-corrected chi connectivity index (χ4v) is 1.41. The predicted octanol–water partition coefficient (Wildman–Crippen LogP) is 1.19. The molecule has 0 fully saturated rings. The van der Waals surface area contributed by atoms with Gasteiger partial charge >= 0.3 is 0 Å². The van der Waals surface area contributed by atoms with Crippen molar-refractivity contribution in [2.24, 2.45) is 0 Å². The molecule has 3 N–H and O–H groups in total. The van der Waals surface area contributed by atoms with Crippen molar-refractivity contribution in [1.29, 1.82) is 0 Å².